The number of benzene rings is 1. The van der Waals surface area contributed by atoms with Crippen LogP contribution in [0.2, 0.25) is 0 Å². The van der Waals surface area contributed by atoms with Gasteiger partial charge in [0, 0.05) is 6.04 Å². The van der Waals surface area contributed by atoms with Crippen molar-refractivity contribution >= 4 is 31.6 Å². The van der Waals surface area contributed by atoms with E-state index in [2.05, 4.69) is 20.7 Å². The normalized spacial score (nSPS) is 23.8. The second-order valence-electron chi connectivity index (χ2n) is 4.93. The summed E-state index contributed by atoms with van der Waals surface area (Å²) in [4.78, 5) is -0.142. The fourth-order valence-electron chi connectivity index (χ4n) is 2.25. The molecule has 0 amide bonds. The fraction of sp³-hybridized carbons (Fsp3) is 0.500. The van der Waals surface area contributed by atoms with Gasteiger partial charge >= 0.3 is 0 Å². The minimum Gasteiger partial charge on any atom is -0.398 e. The van der Waals surface area contributed by atoms with Gasteiger partial charge in [0.05, 0.1) is 16.3 Å². The van der Waals surface area contributed by atoms with Crippen LogP contribution in [-0.4, -0.2) is 25.7 Å². The summed E-state index contributed by atoms with van der Waals surface area (Å²) in [5, 5.41) is 9.41. The highest BCUT2D eigenvalue weighted by atomic mass is 79.9. The highest BCUT2D eigenvalue weighted by molar-refractivity contribution is 9.10. The summed E-state index contributed by atoms with van der Waals surface area (Å²) in [6.07, 6.45) is 1.91. The first kappa shape index (κ1) is 15.7. The number of nitrogen functional groups attached to an aromatic ring is 1. The number of rotatable bonds is 3. The molecule has 1 saturated carbocycles. The Morgan fingerprint density at radius 3 is 2.50 bits per heavy atom. The molecule has 1 aromatic carbocycles. The molecule has 0 saturated heterocycles. The van der Waals surface area contributed by atoms with Crippen molar-refractivity contribution in [2.75, 3.05) is 5.73 Å². The predicted molar refractivity (Wildman–Crippen MR) is 77.1 cm³/mol. The molecule has 0 heterocycles. The number of anilines is 1. The first-order valence-corrected chi connectivity index (χ1v) is 8.52. The number of hydrogen-bond donors (Lipinski definition) is 3. The molecule has 4 N–H and O–H groups in total. The van der Waals surface area contributed by atoms with Crippen LogP contribution in [-0.2, 0) is 10.0 Å². The van der Waals surface area contributed by atoms with Crippen LogP contribution in [0.4, 0.5) is 10.1 Å². The summed E-state index contributed by atoms with van der Waals surface area (Å²) in [6.45, 7) is 0. The van der Waals surface area contributed by atoms with Crippen LogP contribution in [0, 0.1) is 5.82 Å². The van der Waals surface area contributed by atoms with Crippen LogP contribution < -0.4 is 10.5 Å². The molecule has 1 fully saturated rings. The van der Waals surface area contributed by atoms with E-state index in [1.54, 1.807) is 0 Å². The zero-order valence-electron chi connectivity index (χ0n) is 10.6. The molecule has 0 atom stereocenters. The van der Waals surface area contributed by atoms with E-state index in [4.69, 9.17) is 5.73 Å². The van der Waals surface area contributed by atoms with E-state index in [0.29, 0.717) is 25.7 Å². The quantitative estimate of drug-likeness (QED) is 0.710. The highest BCUT2D eigenvalue weighted by Crippen LogP contribution is 2.27. The van der Waals surface area contributed by atoms with E-state index in [-0.39, 0.29) is 27.2 Å². The van der Waals surface area contributed by atoms with Crippen molar-refractivity contribution in [2.45, 2.75) is 42.7 Å². The zero-order valence-corrected chi connectivity index (χ0v) is 13.0. The summed E-state index contributed by atoms with van der Waals surface area (Å²) < 4.78 is 40.4. The number of nitrogens with one attached hydrogen (secondary N) is 1. The third-order valence-electron chi connectivity index (χ3n) is 3.36. The topological polar surface area (TPSA) is 92.4 Å². The van der Waals surface area contributed by atoms with Gasteiger partial charge in [-0.1, -0.05) is 0 Å². The number of aliphatic hydroxyl groups is 1. The van der Waals surface area contributed by atoms with E-state index in [0.717, 1.165) is 12.1 Å². The van der Waals surface area contributed by atoms with Gasteiger partial charge < -0.3 is 10.8 Å². The SMILES string of the molecule is Nc1cc(F)c(Br)cc1S(=O)(=O)NC1CCC(O)CC1. The summed E-state index contributed by atoms with van der Waals surface area (Å²) in [5.41, 5.74) is 5.45. The number of sulfonamides is 1. The molecular formula is C12H16BrFN2O3S. The molecule has 2 rings (SSSR count). The lowest BCUT2D eigenvalue weighted by Gasteiger charge is -2.26. The number of aliphatic hydroxyl groups excluding tert-OH is 1. The van der Waals surface area contributed by atoms with Gasteiger partial charge in [-0.2, -0.15) is 0 Å². The third-order valence-corrected chi connectivity index (χ3v) is 5.54. The molecule has 0 spiro atoms. The summed E-state index contributed by atoms with van der Waals surface area (Å²) in [5.74, 6) is -0.609. The second kappa shape index (κ2) is 5.97. The Hall–Kier alpha value is -0.700. The Labute approximate surface area is 125 Å². The molecule has 1 aliphatic carbocycles. The van der Waals surface area contributed by atoms with Gasteiger partial charge in [-0.15, -0.1) is 0 Å². The van der Waals surface area contributed by atoms with Crippen molar-refractivity contribution in [1.29, 1.82) is 0 Å². The van der Waals surface area contributed by atoms with Crippen molar-refractivity contribution in [1.82, 2.24) is 4.72 Å². The molecule has 0 bridgehead atoms. The molecule has 20 heavy (non-hydrogen) atoms. The first-order valence-electron chi connectivity index (χ1n) is 6.24. The average Bonchev–Trinajstić information content (AvgIpc) is 2.36. The largest absolute Gasteiger partial charge is 0.398 e. The van der Waals surface area contributed by atoms with Gasteiger partial charge in [0.25, 0.3) is 0 Å². The predicted octanol–water partition coefficient (Wildman–Crippen LogP) is 1.75. The Balaban J connectivity index is 2.20. The lowest BCUT2D eigenvalue weighted by molar-refractivity contribution is 0.120. The zero-order chi connectivity index (χ0) is 14.9. The molecule has 0 unspecified atom stereocenters. The standard InChI is InChI=1S/C12H16BrFN2O3S/c13-9-5-12(11(15)6-10(9)14)20(18,19)16-7-1-3-8(17)4-2-7/h5-8,16-17H,1-4,15H2. The summed E-state index contributed by atoms with van der Waals surface area (Å²) in [7, 11) is -3.80. The van der Waals surface area contributed by atoms with Crippen molar-refractivity contribution < 1.29 is 17.9 Å². The van der Waals surface area contributed by atoms with E-state index in [1.807, 2.05) is 0 Å². The van der Waals surface area contributed by atoms with Crippen LogP contribution >= 0.6 is 15.9 Å². The van der Waals surface area contributed by atoms with E-state index in [1.165, 1.54) is 0 Å². The van der Waals surface area contributed by atoms with Gasteiger partial charge in [-0.05, 0) is 53.7 Å². The maximum atomic E-state index is 13.3. The summed E-state index contributed by atoms with van der Waals surface area (Å²) >= 11 is 2.95. The van der Waals surface area contributed by atoms with Gasteiger partial charge in [0.15, 0.2) is 0 Å². The van der Waals surface area contributed by atoms with Crippen LogP contribution in [0.15, 0.2) is 21.5 Å². The monoisotopic (exact) mass is 366 g/mol. The minimum absolute atomic E-state index is 0.0474. The lowest BCUT2D eigenvalue weighted by atomic mass is 9.94. The van der Waals surface area contributed by atoms with E-state index >= 15 is 0 Å². The number of hydrogen-bond acceptors (Lipinski definition) is 4. The maximum Gasteiger partial charge on any atom is 0.242 e. The molecule has 0 radical (unpaired) electrons. The van der Waals surface area contributed by atoms with Crippen LogP contribution in [0.1, 0.15) is 25.7 Å². The second-order valence-corrected chi connectivity index (χ2v) is 7.47. The molecule has 1 aromatic rings. The van der Waals surface area contributed by atoms with Crippen LogP contribution in [0.5, 0.6) is 0 Å². The van der Waals surface area contributed by atoms with Crippen LogP contribution in [0.3, 0.4) is 0 Å². The molecule has 5 nitrogen and oxygen atoms in total. The Morgan fingerprint density at radius 1 is 1.30 bits per heavy atom. The third kappa shape index (κ3) is 3.49. The van der Waals surface area contributed by atoms with Crippen molar-refractivity contribution in [3.8, 4) is 0 Å². The fourth-order valence-corrected chi connectivity index (χ4v) is 4.19. The molecule has 8 heteroatoms. The van der Waals surface area contributed by atoms with Crippen molar-refractivity contribution in [3.63, 3.8) is 0 Å². The van der Waals surface area contributed by atoms with Crippen molar-refractivity contribution in [3.05, 3.63) is 22.4 Å². The highest BCUT2D eigenvalue weighted by Gasteiger charge is 2.26. The van der Waals surface area contributed by atoms with E-state index < -0.39 is 15.8 Å². The van der Waals surface area contributed by atoms with Gasteiger partial charge in [0.1, 0.15) is 10.7 Å². The molecule has 112 valence electrons. The Morgan fingerprint density at radius 2 is 1.90 bits per heavy atom. The summed E-state index contributed by atoms with van der Waals surface area (Å²) in [6, 6.07) is 1.90. The van der Waals surface area contributed by atoms with Gasteiger partial charge in [-0.25, -0.2) is 17.5 Å². The van der Waals surface area contributed by atoms with Crippen LogP contribution in [0.25, 0.3) is 0 Å². The molecule has 1 aliphatic rings. The minimum atomic E-state index is -3.80. The molecule has 0 aliphatic heterocycles. The Bertz CT molecular complexity index is 601. The average molecular weight is 367 g/mol. The number of nitrogens with two attached hydrogens (primary N) is 1. The smallest absolute Gasteiger partial charge is 0.242 e. The van der Waals surface area contributed by atoms with Gasteiger partial charge in [0.2, 0.25) is 10.0 Å². The molecular weight excluding hydrogens is 351 g/mol. The van der Waals surface area contributed by atoms with Crippen molar-refractivity contribution in [2.24, 2.45) is 0 Å². The Kier molecular flexibility index (Phi) is 4.68. The van der Waals surface area contributed by atoms with Gasteiger partial charge in [-0.3, -0.25) is 0 Å². The first-order chi connectivity index (χ1) is 9.29. The lowest BCUT2D eigenvalue weighted by Crippen LogP contribution is -2.38. The maximum absolute atomic E-state index is 13.3. The number of halogens is 2. The molecule has 0 aromatic heterocycles. The van der Waals surface area contributed by atoms with E-state index in [9.17, 15) is 17.9 Å².